The molecule has 1 N–H and O–H groups in total. The van der Waals surface area contributed by atoms with E-state index in [1.807, 2.05) is 71.4 Å². The van der Waals surface area contributed by atoms with Crippen LogP contribution in [-0.2, 0) is 17.8 Å². The molecular formula is C27H25N5O2. The van der Waals surface area contributed by atoms with E-state index < -0.39 is 0 Å². The number of aromatic nitrogens is 4. The lowest BCUT2D eigenvalue weighted by Crippen LogP contribution is -2.15. The van der Waals surface area contributed by atoms with Crippen LogP contribution in [0.5, 0.6) is 5.75 Å². The number of imidazole rings is 2. The Kier molecular flexibility index (Phi) is 6.34. The van der Waals surface area contributed by atoms with Gasteiger partial charge in [0.25, 0.3) is 0 Å². The number of carbonyl (C=O) groups is 1. The van der Waals surface area contributed by atoms with E-state index >= 15 is 0 Å². The van der Waals surface area contributed by atoms with E-state index in [0.29, 0.717) is 37.4 Å². The van der Waals surface area contributed by atoms with E-state index in [9.17, 15) is 4.79 Å². The van der Waals surface area contributed by atoms with Gasteiger partial charge in [-0.3, -0.25) is 9.36 Å². The average Bonchev–Trinajstić information content (AvgIpc) is 3.52. The lowest BCUT2D eigenvalue weighted by atomic mass is 10.2. The molecule has 2 heterocycles. The number of para-hydroxylation sites is 5. The van der Waals surface area contributed by atoms with Crippen LogP contribution in [0.2, 0.25) is 0 Å². The highest BCUT2D eigenvalue weighted by Gasteiger charge is 2.14. The third-order valence-corrected chi connectivity index (χ3v) is 5.55. The van der Waals surface area contributed by atoms with Crippen molar-refractivity contribution in [1.29, 1.82) is 0 Å². The van der Waals surface area contributed by atoms with Gasteiger partial charge in [0.15, 0.2) is 0 Å². The maximum absolute atomic E-state index is 12.8. The summed E-state index contributed by atoms with van der Waals surface area (Å²) < 4.78 is 9.98. The molecule has 34 heavy (non-hydrogen) atoms. The summed E-state index contributed by atoms with van der Waals surface area (Å²) in [5.41, 5.74) is 3.64. The predicted octanol–water partition coefficient (Wildman–Crippen LogP) is 4.87. The molecule has 0 radical (unpaired) electrons. The summed E-state index contributed by atoms with van der Waals surface area (Å²) in [5.74, 6) is 1.41. The number of amides is 1. The number of hydrogen-bond donors (Lipinski definition) is 1. The van der Waals surface area contributed by atoms with Gasteiger partial charge >= 0.3 is 0 Å². The number of hydrogen-bond acceptors (Lipinski definition) is 4. The number of nitrogens with zero attached hydrogens (tertiary/aromatic N) is 4. The first-order valence-electron chi connectivity index (χ1n) is 11.3. The average molecular weight is 452 g/mol. The number of aryl methyl sites for hydroxylation is 1. The Bertz CT molecular complexity index is 1380. The Labute approximate surface area is 197 Å². The Morgan fingerprint density at radius 2 is 1.74 bits per heavy atom. The van der Waals surface area contributed by atoms with Gasteiger partial charge in [-0.25, -0.2) is 9.97 Å². The van der Waals surface area contributed by atoms with Crippen LogP contribution < -0.4 is 10.1 Å². The predicted molar refractivity (Wildman–Crippen MR) is 132 cm³/mol. The number of fused-ring (bicyclic) bond motifs is 1. The Morgan fingerprint density at radius 1 is 0.941 bits per heavy atom. The fourth-order valence-corrected chi connectivity index (χ4v) is 3.92. The third kappa shape index (κ3) is 4.83. The van der Waals surface area contributed by atoms with Gasteiger partial charge in [0.05, 0.1) is 29.6 Å². The molecule has 3 aromatic carbocycles. The van der Waals surface area contributed by atoms with Crippen molar-refractivity contribution in [2.45, 2.75) is 19.4 Å². The first kappa shape index (κ1) is 21.5. The maximum Gasteiger partial charge on any atom is 0.224 e. The second kappa shape index (κ2) is 10.0. The van der Waals surface area contributed by atoms with Gasteiger partial charge in [-0.2, -0.15) is 0 Å². The maximum atomic E-state index is 12.8. The summed E-state index contributed by atoms with van der Waals surface area (Å²) in [7, 11) is 0. The Hall–Kier alpha value is -4.39. The van der Waals surface area contributed by atoms with Crippen LogP contribution in [0.1, 0.15) is 12.2 Å². The minimum Gasteiger partial charge on any atom is -0.490 e. The number of ether oxygens (including phenoxy) is 1. The van der Waals surface area contributed by atoms with Gasteiger partial charge < -0.3 is 14.6 Å². The molecule has 0 bridgehead atoms. The van der Waals surface area contributed by atoms with Crippen LogP contribution in [-0.4, -0.2) is 31.6 Å². The molecule has 0 aliphatic carbocycles. The molecule has 0 saturated carbocycles. The van der Waals surface area contributed by atoms with E-state index in [1.165, 1.54) is 0 Å². The summed E-state index contributed by atoms with van der Waals surface area (Å²) in [6.45, 7) is 1.16. The highest BCUT2D eigenvalue weighted by molar-refractivity contribution is 5.92. The van der Waals surface area contributed by atoms with Crippen molar-refractivity contribution in [3.05, 3.63) is 103 Å². The van der Waals surface area contributed by atoms with Crippen molar-refractivity contribution < 1.29 is 9.53 Å². The Balaban J connectivity index is 1.27. The van der Waals surface area contributed by atoms with Crippen molar-refractivity contribution >= 4 is 22.6 Å². The zero-order valence-electron chi connectivity index (χ0n) is 18.7. The molecule has 1 amide bonds. The van der Waals surface area contributed by atoms with E-state index in [4.69, 9.17) is 9.72 Å². The quantitative estimate of drug-likeness (QED) is 0.347. The number of benzene rings is 3. The number of anilines is 1. The molecule has 0 aliphatic rings. The molecule has 7 nitrogen and oxygen atoms in total. The van der Waals surface area contributed by atoms with Gasteiger partial charge in [0.2, 0.25) is 5.91 Å². The van der Waals surface area contributed by atoms with E-state index in [-0.39, 0.29) is 5.91 Å². The van der Waals surface area contributed by atoms with E-state index in [2.05, 4.69) is 33.1 Å². The first-order chi connectivity index (χ1) is 16.8. The highest BCUT2D eigenvalue weighted by Crippen LogP contribution is 2.25. The van der Waals surface area contributed by atoms with Crippen LogP contribution in [0.25, 0.3) is 16.7 Å². The third-order valence-electron chi connectivity index (χ3n) is 5.55. The first-order valence-corrected chi connectivity index (χ1v) is 11.3. The highest BCUT2D eigenvalue weighted by atomic mass is 16.5. The minimum atomic E-state index is -0.0858. The molecular weight excluding hydrogens is 426 g/mol. The second-order valence-corrected chi connectivity index (χ2v) is 7.88. The van der Waals surface area contributed by atoms with Crippen LogP contribution in [0.15, 0.2) is 97.6 Å². The summed E-state index contributed by atoms with van der Waals surface area (Å²) in [4.78, 5) is 21.7. The number of rotatable bonds is 9. The second-order valence-electron chi connectivity index (χ2n) is 7.88. The molecule has 0 unspecified atom stereocenters. The molecule has 0 saturated heterocycles. The van der Waals surface area contributed by atoms with Crippen molar-refractivity contribution in [3.63, 3.8) is 0 Å². The zero-order chi connectivity index (χ0) is 23.2. The molecule has 5 aromatic rings. The summed E-state index contributed by atoms with van der Waals surface area (Å²) >= 11 is 0. The SMILES string of the molecule is O=C(CCc1nc2ccccc2n1-c1ccccc1)Nc1ccccc1OCCn1ccnc1. The van der Waals surface area contributed by atoms with E-state index in [1.54, 1.807) is 12.5 Å². The monoisotopic (exact) mass is 451 g/mol. The molecule has 7 heteroatoms. The van der Waals surface area contributed by atoms with Crippen LogP contribution in [0, 0.1) is 0 Å². The van der Waals surface area contributed by atoms with Crippen molar-refractivity contribution in [2.75, 3.05) is 11.9 Å². The van der Waals surface area contributed by atoms with Crippen molar-refractivity contribution in [2.24, 2.45) is 0 Å². The van der Waals surface area contributed by atoms with E-state index in [0.717, 1.165) is 22.5 Å². The van der Waals surface area contributed by atoms with Gasteiger partial charge in [0, 0.05) is 30.9 Å². The van der Waals surface area contributed by atoms with Crippen molar-refractivity contribution in [1.82, 2.24) is 19.1 Å². The number of nitrogens with one attached hydrogen (secondary N) is 1. The minimum absolute atomic E-state index is 0.0858. The normalized spacial score (nSPS) is 10.9. The summed E-state index contributed by atoms with van der Waals surface area (Å²) in [6, 6.07) is 25.6. The van der Waals surface area contributed by atoms with Crippen LogP contribution >= 0.6 is 0 Å². The topological polar surface area (TPSA) is 74.0 Å². The number of carbonyl (C=O) groups excluding carboxylic acids is 1. The lowest BCUT2D eigenvalue weighted by Gasteiger charge is -2.13. The van der Waals surface area contributed by atoms with Crippen LogP contribution in [0.3, 0.4) is 0 Å². The molecule has 170 valence electrons. The molecule has 0 atom stereocenters. The van der Waals surface area contributed by atoms with Gasteiger partial charge in [0.1, 0.15) is 18.2 Å². The standard InChI is InChI=1S/C27H25N5O2/c33-27(30-23-11-5-7-13-25(23)34-19-18-31-17-16-28-20-31)15-14-26-29-22-10-4-6-12-24(22)32(26)21-8-2-1-3-9-21/h1-13,16-17,20H,14-15,18-19H2,(H,30,33). The molecule has 0 aliphatic heterocycles. The van der Waals surface area contributed by atoms with Gasteiger partial charge in [-0.15, -0.1) is 0 Å². The fourth-order valence-electron chi connectivity index (χ4n) is 3.92. The molecule has 0 fully saturated rings. The molecule has 2 aromatic heterocycles. The summed E-state index contributed by atoms with van der Waals surface area (Å²) in [6.07, 6.45) is 6.19. The molecule has 5 rings (SSSR count). The Morgan fingerprint density at radius 3 is 2.59 bits per heavy atom. The molecule has 0 spiro atoms. The van der Waals surface area contributed by atoms with Gasteiger partial charge in [-0.05, 0) is 36.4 Å². The van der Waals surface area contributed by atoms with Crippen molar-refractivity contribution in [3.8, 4) is 11.4 Å². The summed E-state index contributed by atoms with van der Waals surface area (Å²) in [5, 5.41) is 3.00. The van der Waals surface area contributed by atoms with Crippen LogP contribution in [0.4, 0.5) is 5.69 Å². The largest absolute Gasteiger partial charge is 0.490 e. The van der Waals surface area contributed by atoms with Gasteiger partial charge in [-0.1, -0.05) is 42.5 Å². The zero-order valence-corrected chi connectivity index (χ0v) is 18.7. The lowest BCUT2D eigenvalue weighted by molar-refractivity contribution is -0.116. The smallest absolute Gasteiger partial charge is 0.224 e. The fraction of sp³-hybridized carbons (Fsp3) is 0.148.